The van der Waals surface area contributed by atoms with Crippen LogP contribution in [0.3, 0.4) is 0 Å². The number of Topliss-reactive ketones (excluding diaryl/α,β-unsaturated/α-hetero) is 1. The number of benzene rings is 1. The molecule has 0 saturated heterocycles. The highest BCUT2D eigenvalue weighted by Crippen LogP contribution is 2.27. The van der Waals surface area contributed by atoms with Crippen LogP contribution in [-0.2, 0) is 11.2 Å². The molecule has 17 heavy (non-hydrogen) atoms. The standard InChI is InChI=1S/C14H16Cl2O/c15-12-7-6-10(8-13(12)16)9-14(17)11-4-2-1-3-5-11/h6-8,11H,1-5,9H2. The zero-order valence-corrected chi connectivity index (χ0v) is 11.2. The van der Waals surface area contributed by atoms with E-state index in [0.717, 1.165) is 18.4 Å². The predicted molar refractivity (Wildman–Crippen MR) is 71.7 cm³/mol. The SMILES string of the molecule is O=C(Cc1ccc(Cl)c(Cl)c1)C1CCCCC1. The van der Waals surface area contributed by atoms with E-state index in [2.05, 4.69) is 0 Å². The summed E-state index contributed by atoms with van der Waals surface area (Å²) in [4.78, 5) is 12.1. The van der Waals surface area contributed by atoms with Crippen LogP contribution in [0, 0.1) is 5.92 Å². The minimum absolute atomic E-state index is 0.262. The van der Waals surface area contributed by atoms with E-state index in [0.29, 0.717) is 22.2 Å². The molecule has 1 aliphatic rings. The highest BCUT2D eigenvalue weighted by atomic mass is 35.5. The van der Waals surface area contributed by atoms with Gasteiger partial charge in [0.15, 0.2) is 0 Å². The number of ketones is 1. The summed E-state index contributed by atoms with van der Waals surface area (Å²) >= 11 is 11.8. The summed E-state index contributed by atoms with van der Waals surface area (Å²) in [5.74, 6) is 0.612. The fourth-order valence-electron chi connectivity index (χ4n) is 2.42. The molecule has 0 N–H and O–H groups in total. The molecule has 0 aromatic heterocycles. The van der Waals surface area contributed by atoms with Crippen LogP contribution in [0.5, 0.6) is 0 Å². The second-order valence-electron chi connectivity index (χ2n) is 4.73. The van der Waals surface area contributed by atoms with Gasteiger partial charge in [-0.05, 0) is 30.5 Å². The molecule has 0 aliphatic heterocycles. The van der Waals surface area contributed by atoms with Gasteiger partial charge in [-0.1, -0.05) is 48.5 Å². The van der Waals surface area contributed by atoms with Crippen molar-refractivity contribution in [1.82, 2.24) is 0 Å². The zero-order valence-electron chi connectivity index (χ0n) is 9.72. The second-order valence-corrected chi connectivity index (χ2v) is 5.54. The van der Waals surface area contributed by atoms with Crippen molar-refractivity contribution >= 4 is 29.0 Å². The number of carbonyl (C=O) groups is 1. The summed E-state index contributed by atoms with van der Waals surface area (Å²) in [5, 5.41) is 1.07. The lowest BCUT2D eigenvalue weighted by Gasteiger charge is -2.20. The van der Waals surface area contributed by atoms with Crippen LogP contribution >= 0.6 is 23.2 Å². The molecular weight excluding hydrogens is 255 g/mol. The first-order valence-electron chi connectivity index (χ1n) is 6.13. The Kier molecular flexibility index (Phi) is 4.47. The maximum absolute atomic E-state index is 12.1. The van der Waals surface area contributed by atoms with Gasteiger partial charge >= 0.3 is 0 Å². The lowest BCUT2D eigenvalue weighted by molar-refractivity contribution is -0.123. The molecule has 1 nitrogen and oxygen atoms in total. The van der Waals surface area contributed by atoms with Gasteiger partial charge in [0.1, 0.15) is 5.78 Å². The quantitative estimate of drug-likeness (QED) is 0.779. The van der Waals surface area contributed by atoms with E-state index < -0.39 is 0 Å². The van der Waals surface area contributed by atoms with E-state index in [-0.39, 0.29) is 5.92 Å². The number of hydrogen-bond acceptors (Lipinski definition) is 1. The normalized spacial score (nSPS) is 17.1. The molecule has 2 rings (SSSR count). The van der Waals surface area contributed by atoms with Crippen molar-refractivity contribution in [3.05, 3.63) is 33.8 Å². The van der Waals surface area contributed by atoms with Crippen LogP contribution in [-0.4, -0.2) is 5.78 Å². The molecule has 1 saturated carbocycles. The summed E-state index contributed by atoms with van der Waals surface area (Å²) in [6, 6.07) is 5.44. The van der Waals surface area contributed by atoms with Crippen molar-refractivity contribution in [2.24, 2.45) is 5.92 Å². The van der Waals surface area contributed by atoms with E-state index >= 15 is 0 Å². The van der Waals surface area contributed by atoms with E-state index in [1.807, 2.05) is 6.07 Å². The highest BCUT2D eigenvalue weighted by molar-refractivity contribution is 6.42. The molecule has 0 bridgehead atoms. The van der Waals surface area contributed by atoms with E-state index in [1.165, 1.54) is 19.3 Å². The topological polar surface area (TPSA) is 17.1 Å². The van der Waals surface area contributed by atoms with Gasteiger partial charge in [-0.2, -0.15) is 0 Å². The number of halogens is 2. The smallest absolute Gasteiger partial charge is 0.140 e. The minimum Gasteiger partial charge on any atom is -0.299 e. The van der Waals surface area contributed by atoms with Crippen molar-refractivity contribution in [1.29, 1.82) is 0 Å². The molecule has 1 aromatic rings. The Morgan fingerprint density at radius 3 is 2.47 bits per heavy atom. The molecule has 1 fully saturated rings. The average molecular weight is 271 g/mol. The van der Waals surface area contributed by atoms with Crippen molar-refractivity contribution in [3.63, 3.8) is 0 Å². The first kappa shape index (κ1) is 12.9. The fraction of sp³-hybridized carbons (Fsp3) is 0.500. The Balaban J connectivity index is 1.99. The third-order valence-corrected chi connectivity index (χ3v) is 4.16. The maximum Gasteiger partial charge on any atom is 0.140 e. The highest BCUT2D eigenvalue weighted by Gasteiger charge is 2.21. The van der Waals surface area contributed by atoms with E-state index in [4.69, 9.17) is 23.2 Å². The molecule has 3 heteroatoms. The zero-order chi connectivity index (χ0) is 12.3. The molecule has 0 atom stereocenters. The third-order valence-electron chi connectivity index (χ3n) is 3.42. The summed E-state index contributed by atoms with van der Waals surface area (Å²) < 4.78 is 0. The molecule has 0 radical (unpaired) electrons. The van der Waals surface area contributed by atoms with Crippen molar-refractivity contribution in [2.45, 2.75) is 38.5 Å². The Labute approximate surface area is 112 Å². The van der Waals surface area contributed by atoms with Crippen LogP contribution in [0.25, 0.3) is 0 Å². The second kappa shape index (κ2) is 5.88. The van der Waals surface area contributed by atoms with Crippen LogP contribution in [0.1, 0.15) is 37.7 Å². The number of rotatable bonds is 3. The van der Waals surface area contributed by atoms with Gasteiger partial charge in [-0.3, -0.25) is 4.79 Å². The van der Waals surface area contributed by atoms with Gasteiger partial charge in [-0.25, -0.2) is 0 Å². The monoisotopic (exact) mass is 270 g/mol. The molecule has 1 aromatic carbocycles. The Bertz CT molecular complexity index is 409. The first-order valence-corrected chi connectivity index (χ1v) is 6.89. The Hall–Kier alpha value is -0.530. The van der Waals surface area contributed by atoms with Gasteiger partial charge in [0.2, 0.25) is 0 Å². The van der Waals surface area contributed by atoms with Crippen molar-refractivity contribution < 1.29 is 4.79 Å². The summed E-state index contributed by atoms with van der Waals surface area (Å²) in [6.45, 7) is 0. The third kappa shape index (κ3) is 3.46. The lowest BCUT2D eigenvalue weighted by atomic mass is 9.84. The largest absolute Gasteiger partial charge is 0.299 e. The van der Waals surface area contributed by atoms with Crippen molar-refractivity contribution in [2.75, 3.05) is 0 Å². The van der Waals surface area contributed by atoms with Crippen LogP contribution in [0.15, 0.2) is 18.2 Å². The maximum atomic E-state index is 12.1. The van der Waals surface area contributed by atoms with E-state index in [9.17, 15) is 4.79 Å². The van der Waals surface area contributed by atoms with Gasteiger partial charge in [0.05, 0.1) is 10.0 Å². The number of hydrogen-bond donors (Lipinski definition) is 0. The Morgan fingerprint density at radius 1 is 1.12 bits per heavy atom. The summed E-state index contributed by atoms with van der Waals surface area (Å²) in [5.41, 5.74) is 0.968. The van der Waals surface area contributed by atoms with Gasteiger partial charge in [-0.15, -0.1) is 0 Å². The van der Waals surface area contributed by atoms with Crippen LogP contribution in [0.2, 0.25) is 10.0 Å². The summed E-state index contributed by atoms with van der Waals surface area (Å²) in [7, 11) is 0. The predicted octanol–water partition coefficient (Wildman–Crippen LogP) is 4.69. The van der Waals surface area contributed by atoms with Crippen LogP contribution < -0.4 is 0 Å². The molecule has 0 heterocycles. The van der Waals surface area contributed by atoms with Crippen molar-refractivity contribution in [3.8, 4) is 0 Å². The molecule has 0 amide bonds. The molecule has 1 aliphatic carbocycles. The molecule has 0 spiro atoms. The molecule has 0 unspecified atom stereocenters. The minimum atomic E-state index is 0.262. The summed E-state index contributed by atoms with van der Waals surface area (Å²) in [6.07, 6.45) is 6.26. The molecular formula is C14H16Cl2O. The molecule has 92 valence electrons. The van der Waals surface area contributed by atoms with Gasteiger partial charge in [0, 0.05) is 12.3 Å². The first-order chi connectivity index (χ1) is 8.16. The van der Waals surface area contributed by atoms with Gasteiger partial charge < -0.3 is 0 Å². The average Bonchev–Trinajstić information content (AvgIpc) is 2.35. The van der Waals surface area contributed by atoms with E-state index in [1.54, 1.807) is 12.1 Å². The number of carbonyl (C=O) groups excluding carboxylic acids is 1. The van der Waals surface area contributed by atoms with Gasteiger partial charge in [0.25, 0.3) is 0 Å². The van der Waals surface area contributed by atoms with Crippen LogP contribution in [0.4, 0.5) is 0 Å². The lowest BCUT2D eigenvalue weighted by Crippen LogP contribution is -2.19. The Morgan fingerprint density at radius 2 is 1.82 bits per heavy atom. The fourth-order valence-corrected chi connectivity index (χ4v) is 2.74.